The molecule has 2 aromatic rings. The minimum atomic E-state index is 0.336. The molecule has 1 aliphatic heterocycles. The Morgan fingerprint density at radius 3 is 2.68 bits per heavy atom. The van der Waals surface area contributed by atoms with E-state index in [0.29, 0.717) is 6.04 Å². The predicted octanol–water partition coefficient (Wildman–Crippen LogP) is 3.96. The van der Waals surface area contributed by atoms with Crippen molar-refractivity contribution >= 4 is 11.3 Å². The molecule has 7 heteroatoms. The summed E-state index contributed by atoms with van der Waals surface area (Å²) in [6, 6.07) is 5.43. The van der Waals surface area contributed by atoms with Crippen LogP contribution in [0.3, 0.4) is 0 Å². The van der Waals surface area contributed by atoms with Crippen LogP contribution >= 0.6 is 11.3 Å². The lowest BCUT2D eigenvalue weighted by Gasteiger charge is -2.43. The van der Waals surface area contributed by atoms with Crippen LogP contribution in [0.1, 0.15) is 75.0 Å². The molecule has 1 atom stereocenters. The molecular weight excluding hydrogens is 368 g/mol. The molecule has 4 rings (SSSR count). The number of thiophene rings is 1. The van der Waals surface area contributed by atoms with Crippen molar-refractivity contribution in [1.29, 1.82) is 0 Å². The van der Waals surface area contributed by atoms with Crippen LogP contribution in [-0.2, 0) is 6.54 Å². The van der Waals surface area contributed by atoms with Gasteiger partial charge in [0.25, 0.3) is 0 Å². The molecule has 154 valence electrons. The summed E-state index contributed by atoms with van der Waals surface area (Å²) in [5.41, 5.74) is 0. The lowest BCUT2D eigenvalue weighted by molar-refractivity contribution is 0.0497. The fraction of sp³-hybridized carbons (Fsp3) is 0.762. The van der Waals surface area contributed by atoms with E-state index in [2.05, 4.69) is 49.8 Å². The highest BCUT2D eigenvalue weighted by Crippen LogP contribution is 2.29. The summed E-state index contributed by atoms with van der Waals surface area (Å²) in [7, 11) is 0. The number of unbranched alkanes of at least 4 members (excludes halogenated alkanes) is 1. The van der Waals surface area contributed by atoms with Gasteiger partial charge >= 0.3 is 0 Å². The number of rotatable bonds is 8. The van der Waals surface area contributed by atoms with E-state index in [9.17, 15) is 0 Å². The van der Waals surface area contributed by atoms with Gasteiger partial charge in [-0.05, 0) is 41.1 Å². The van der Waals surface area contributed by atoms with E-state index < -0.39 is 0 Å². The van der Waals surface area contributed by atoms with Crippen LogP contribution in [0.2, 0.25) is 0 Å². The number of aromatic nitrogens is 4. The smallest absolute Gasteiger partial charge is 0.168 e. The zero-order valence-corrected chi connectivity index (χ0v) is 18.0. The van der Waals surface area contributed by atoms with Crippen LogP contribution in [0.5, 0.6) is 0 Å². The summed E-state index contributed by atoms with van der Waals surface area (Å²) in [5.74, 6) is 1.05. The van der Waals surface area contributed by atoms with Gasteiger partial charge < -0.3 is 0 Å². The van der Waals surface area contributed by atoms with E-state index in [-0.39, 0.29) is 0 Å². The van der Waals surface area contributed by atoms with Gasteiger partial charge in [0, 0.05) is 37.1 Å². The second kappa shape index (κ2) is 9.94. The van der Waals surface area contributed by atoms with Gasteiger partial charge in [-0.2, -0.15) is 0 Å². The van der Waals surface area contributed by atoms with Crippen LogP contribution in [0.25, 0.3) is 0 Å². The lowest BCUT2D eigenvalue weighted by Crippen LogP contribution is -2.51. The van der Waals surface area contributed by atoms with Crippen LogP contribution < -0.4 is 0 Å². The second-order valence-corrected chi connectivity index (χ2v) is 9.33. The zero-order chi connectivity index (χ0) is 19.2. The van der Waals surface area contributed by atoms with Gasteiger partial charge in [0.05, 0.1) is 12.6 Å². The molecule has 0 radical (unpaired) electrons. The molecule has 1 unspecified atom stereocenters. The average Bonchev–Trinajstić information content (AvgIpc) is 3.42. The van der Waals surface area contributed by atoms with Crippen molar-refractivity contribution in [2.24, 2.45) is 0 Å². The summed E-state index contributed by atoms with van der Waals surface area (Å²) >= 11 is 1.77. The van der Waals surface area contributed by atoms with Crippen molar-refractivity contribution in [2.45, 2.75) is 76.9 Å². The van der Waals surface area contributed by atoms with Crippen molar-refractivity contribution in [1.82, 2.24) is 30.0 Å². The predicted molar refractivity (Wildman–Crippen MR) is 114 cm³/mol. The largest absolute Gasteiger partial charge is 0.298 e. The Morgan fingerprint density at radius 1 is 1.14 bits per heavy atom. The maximum Gasteiger partial charge on any atom is 0.168 e. The molecule has 0 N–H and O–H groups in total. The number of piperazine rings is 1. The molecule has 1 aliphatic carbocycles. The highest BCUT2D eigenvalue weighted by atomic mass is 32.1. The number of nitrogens with zero attached hydrogens (tertiary/aromatic N) is 6. The Kier molecular flexibility index (Phi) is 7.09. The number of hydrogen-bond acceptors (Lipinski definition) is 6. The Bertz CT molecular complexity index is 686. The SMILES string of the molecule is CCCCC(c1nnnn1Cc1cccs1)N1CCN(C2CCCCC2)CC1. The summed E-state index contributed by atoms with van der Waals surface area (Å²) in [6.45, 7) is 7.71. The third-order valence-corrected chi connectivity index (χ3v) is 7.32. The van der Waals surface area contributed by atoms with Gasteiger partial charge in [-0.15, -0.1) is 16.4 Å². The highest BCUT2D eigenvalue weighted by Gasteiger charge is 2.31. The second-order valence-electron chi connectivity index (χ2n) is 8.30. The molecule has 3 heterocycles. The molecule has 28 heavy (non-hydrogen) atoms. The quantitative estimate of drug-likeness (QED) is 0.669. The molecule has 1 saturated carbocycles. The summed E-state index contributed by atoms with van der Waals surface area (Å²) in [5, 5.41) is 15.0. The van der Waals surface area contributed by atoms with Crippen molar-refractivity contribution in [3.05, 3.63) is 28.2 Å². The van der Waals surface area contributed by atoms with Crippen molar-refractivity contribution in [2.75, 3.05) is 26.2 Å². The maximum atomic E-state index is 4.49. The monoisotopic (exact) mass is 402 g/mol. The molecule has 0 aromatic carbocycles. The molecular formula is C21H34N6S. The van der Waals surface area contributed by atoms with Crippen LogP contribution in [0.4, 0.5) is 0 Å². The van der Waals surface area contributed by atoms with Crippen molar-refractivity contribution in [3.8, 4) is 0 Å². The Hall–Kier alpha value is -1.31. The molecule has 1 saturated heterocycles. The van der Waals surface area contributed by atoms with E-state index >= 15 is 0 Å². The van der Waals surface area contributed by atoms with Gasteiger partial charge in [-0.25, -0.2) is 4.68 Å². The average molecular weight is 403 g/mol. The Labute approximate surface area is 172 Å². The van der Waals surface area contributed by atoms with Gasteiger partial charge in [0.1, 0.15) is 0 Å². The summed E-state index contributed by atoms with van der Waals surface area (Å²) < 4.78 is 2.03. The van der Waals surface area contributed by atoms with Crippen LogP contribution in [0, 0.1) is 0 Å². The minimum Gasteiger partial charge on any atom is -0.298 e. The molecule has 6 nitrogen and oxygen atoms in total. The topological polar surface area (TPSA) is 50.1 Å². The van der Waals surface area contributed by atoms with E-state index in [0.717, 1.165) is 37.9 Å². The minimum absolute atomic E-state index is 0.336. The van der Waals surface area contributed by atoms with Gasteiger partial charge in [0.2, 0.25) is 0 Å². The Balaban J connectivity index is 1.43. The molecule has 2 fully saturated rings. The van der Waals surface area contributed by atoms with E-state index in [1.807, 2.05) is 4.68 Å². The lowest BCUT2D eigenvalue weighted by atomic mass is 9.93. The number of hydrogen-bond donors (Lipinski definition) is 0. The third-order valence-electron chi connectivity index (χ3n) is 6.46. The first kappa shape index (κ1) is 20.0. The molecule has 0 bridgehead atoms. The van der Waals surface area contributed by atoms with E-state index in [4.69, 9.17) is 0 Å². The van der Waals surface area contributed by atoms with Crippen LogP contribution in [-0.4, -0.2) is 62.2 Å². The first-order valence-corrected chi connectivity index (χ1v) is 12.0. The van der Waals surface area contributed by atoms with Crippen molar-refractivity contribution < 1.29 is 0 Å². The first-order valence-electron chi connectivity index (χ1n) is 11.1. The molecule has 2 aromatic heterocycles. The first-order chi connectivity index (χ1) is 13.8. The van der Waals surface area contributed by atoms with Crippen molar-refractivity contribution in [3.63, 3.8) is 0 Å². The molecule has 0 amide bonds. The summed E-state index contributed by atoms with van der Waals surface area (Å²) in [6.07, 6.45) is 10.7. The highest BCUT2D eigenvalue weighted by molar-refractivity contribution is 7.09. The fourth-order valence-corrected chi connectivity index (χ4v) is 5.53. The molecule has 2 aliphatic rings. The number of tetrazole rings is 1. The zero-order valence-electron chi connectivity index (χ0n) is 17.2. The van der Waals surface area contributed by atoms with E-state index in [1.165, 1.54) is 62.9 Å². The van der Waals surface area contributed by atoms with E-state index in [1.54, 1.807) is 11.3 Å². The normalized spacial score (nSPS) is 21.2. The van der Waals surface area contributed by atoms with Gasteiger partial charge in [0.15, 0.2) is 5.82 Å². The summed E-state index contributed by atoms with van der Waals surface area (Å²) in [4.78, 5) is 6.71. The molecule has 0 spiro atoms. The Morgan fingerprint density at radius 2 is 1.96 bits per heavy atom. The maximum absolute atomic E-state index is 4.49. The van der Waals surface area contributed by atoms with Gasteiger partial charge in [-0.3, -0.25) is 9.80 Å². The fourth-order valence-electron chi connectivity index (χ4n) is 4.85. The standard InChI is InChI=1S/C21H34N6S/c1-2-3-11-20(21-22-23-24-27(21)17-19-10-7-16-28-19)26-14-12-25(13-15-26)18-8-5-4-6-9-18/h7,10,16,18,20H,2-6,8-9,11-15,17H2,1H3. The van der Waals surface area contributed by atoms with Crippen LogP contribution in [0.15, 0.2) is 17.5 Å². The van der Waals surface area contributed by atoms with Gasteiger partial charge in [-0.1, -0.05) is 45.1 Å². The third kappa shape index (κ3) is 4.81.